The second-order valence-corrected chi connectivity index (χ2v) is 7.24. The molecule has 0 saturated carbocycles. The minimum absolute atomic E-state index is 0.262. The average molecular weight is 335 g/mol. The Balaban J connectivity index is 1.92. The van der Waals surface area contributed by atoms with Crippen LogP contribution in [0.25, 0.3) is 0 Å². The van der Waals surface area contributed by atoms with Crippen LogP contribution >= 0.6 is 0 Å². The van der Waals surface area contributed by atoms with Crippen molar-refractivity contribution in [3.05, 3.63) is 12.2 Å². The third kappa shape index (κ3) is 4.72. The normalized spacial score (nSPS) is 23.4. The number of carbonyl (C=O) groups is 1. The van der Waals surface area contributed by atoms with Gasteiger partial charge in [-0.25, -0.2) is 0 Å². The first-order chi connectivity index (χ1) is 11.4. The van der Waals surface area contributed by atoms with Crippen molar-refractivity contribution in [2.24, 2.45) is 16.6 Å². The van der Waals surface area contributed by atoms with E-state index in [9.17, 15) is 4.79 Å². The van der Waals surface area contributed by atoms with E-state index in [-0.39, 0.29) is 5.91 Å². The molecule has 0 radical (unpaired) electrons. The van der Waals surface area contributed by atoms with Gasteiger partial charge in [0.15, 0.2) is 5.96 Å². The van der Waals surface area contributed by atoms with Crippen molar-refractivity contribution in [2.75, 3.05) is 39.3 Å². The van der Waals surface area contributed by atoms with Crippen LogP contribution in [-0.4, -0.2) is 66.5 Å². The number of amides is 1. The Labute approximate surface area is 146 Å². The molecular weight excluding hydrogens is 302 g/mol. The number of hydrogen-bond donors (Lipinski definition) is 2. The molecule has 0 aromatic heterocycles. The van der Waals surface area contributed by atoms with E-state index in [1.807, 2.05) is 13.8 Å². The summed E-state index contributed by atoms with van der Waals surface area (Å²) in [4.78, 5) is 21.0. The molecule has 1 heterocycles. The van der Waals surface area contributed by atoms with Crippen molar-refractivity contribution in [1.29, 1.82) is 0 Å². The number of nitrogens with one attached hydrogen (secondary N) is 1. The molecule has 2 aliphatic rings. The number of hydrogen-bond acceptors (Lipinski definition) is 3. The summed E-state index contributed by atoms with van der Waals surface area (Å²) in [5.41, 5.74) is 4.95. The number of nitrogens with two attached hydrogens (primary N) is 1. The van der Waals surface area contributed by atoms with Gasteiger partial charge in [0.25, 0.3) is 0 Å². The first-order valence-electron chi connectivity index (χ1n) is 9.18. The van der Waals surface area contributed by atoms with Gasteiger partial charge in [0.1, 0.15) is 0 Å². The lowest BCUT2D eigenvalue weighted by molar-refractivity contribution is -0.129. The molecule has 0 aromatic rings. The number of nitrogens with zero attached hydrogens (tertiary/aromatic N) is 3. The largest absolute Gasteiger partial charge is 0.368 e. The number of primary amides is 1. The quantitative estimate of drug-likeness (QED) is 0.450. The minimum atomic E-state index is -0.587. The lowest BCUT2D eigenvalue weighted by Crippen LogP contribution is -2.61. The molecule has 1 atom stereocenters. The van der Waals surface area contributed by atoms with E-state index < -0.39 is 5.54 Å². The molecular formula is C18H33N5O. The molecule has 0 bridgehead atoms. The molecule has 6 heteroatoms. The van der Waals surface area contributed by atoms with Crippen LogP contribution in [0.2, 0.25) is 0 Å². The molecule has 3 N–H and O–H groups in total. The zero-order valence-corrected chi connectivity index (χ0v) is 15.4. The zero-order chi connectivity index (χ0) is 17.6. The molecule has 1 saturated heterocycles. The number of aliphatic imine (C=N–C) groups is 1. The molecule has 1 amide bonds. The Bertz CT molecular complexity index is 478. The van der Waals surface area contributed by atoms with Gasteiger partial charge in [-0.3, -0.25) is 14.7 Å². The molecule has 1 aliphatic carbocycles. The maximum Gasteiger partial charge on any atom is 0.237 e. The van der Waals surface area contributed by atoms with Crippen LogP contribution in [0.4, 0.5) is 0 Å². The van der Waals surface area contributed by atoms with Gasteiger partial charge >= 0.3 is 0 Å². The van der Waals surface area contributed by atoms with Crippen LogP contribution in [0.1, 0.15) is 40.0 Å². The van der Waals surface area contributed by atoms with Gasteiger partial charge in [-0.05, 0) is 46.0 Å². The van der Waals surface area contributed by atoms with Crippen LogP contribution in [0, 0.1) is 5.92 Å². The third-order valence-corrected chi connectivity index (χ3v) is 5.18. The fourth-order valence-electron chi connectivity index (χ4n) is 3.30. The molecule has 1 fully saturated rings. The Morgan fingerprint density at radius 3 is 2.54 bits per heavy atom. The molecule has 0 spiro atoms. The van der Waals surface area contributed by atoms with E-state index in [1.54, 1.807) is 0 Å². The SMILES string of the molecule is CCNC(=NCC1CC=CCC1)N1CCN(C(C)(C)C(N)=O)CC1. The average Bonchev–Trinajstić information content (AvgIpc) is 2.59. The highest BCUT2D eigenvalue weighted by atomic mass is 16.1. The summed E-state index contributed by atoms with van der Waals surface area (Å²) in [6, 6.07) is 0. The van der Waals surface area contributed by atoms with Gasteiger partial charge in [0, 0.05) is 39.3 Å². The molecule has 0 aromatic carbocycles. The van der Waals surface area contributed by atoms with Crippen molar-refractivity contribution in [3.8, 4) is 0 Å². The fraction of sp³-hybridized carbons (Fsp3) is 0.778. The van der Waals surface area contributed by atoms with E-state index in [4.69, 9.17) is 10.7 Å². The summed E-state index contributed by atoms with van der Waals surface area (Å²) in [5, 5.41) is 3.42. The predicted octanol–water partition coefficient (Wildman–Crippen LogP) is 1.19. The van der Waals surface area contributed by atoms with Gasteiger partial charge in [-0.15, -0.1) is 0 Å². The zero-order valence-electron chi connectivity index (χ0n) is 15.4. The van der Waals surface area contributed by atoms with Gasteiger partial charge in [0.2, 0.25) is 5.91 Å². The summed E-state index contributed by atoms with van der Waals surface area (Å²) in [6.45, 7) is 11.1. The Morgan fingerprint density at radius 2 is 2.00 bits per heavy atom. The van der Waals surface area contributed by atoms with E-state index in [0.717, 1.165) is 51.6 Å². The molecule has 136 valence electrons. The standard InChI is InChI=1S/C18H33N5O/c1-4-20-17(21-14-15-8-6-5-7-9-15)22-10-12-23(13-11-22)18(2,3)16(19)24/h5-6,15H,4,7-14H2,1-3H3,(H2,19,24)(H,20,21). The second-order valence-electron chi connectivity index (χ2n) is 7.24. The Kier molecular flexibility index (Phi) is 6.66. The van der Waals surface area contributed by atoms with E-state index in [0.29, 0.717) is 5.92 Å². The first kappa shape index (κ1) is 18.8. The van der Waals surface area contributed by atoms with Crippen LogP contribution < -0.4 is 11.1 Å². The Morgan fingerprint density at radius 1 is 1.29 bits per heavy atom. The number of piperazine rings is 1. The molecule has 1 unspecified atom stereocenters. The minimum Gasteiger partial charge on any atom is -0.368 e. The monoisotopic (exact) mass is 335 g/mol. The Hall–Kier alpha value is -1.56. The number of guanidine groups is 1. The number of rotatable bonds is 5. The highest BCUT2D eigenvalue weighted by Crippen LogP contribution is 2.19. The van der Waals surface area contributed by atoms with Gasteiger partial charge in [0.05, 0.1) is 5.54 Å². The highest BCUT2D eigenvalue weighted by Gasteiger charge is 2.35. The van der Waals surface area contributed by atoms with Crippen molar-refractivity contribution < 1.29 is 4.79 Å². The molecule has 2 rings (SSSR count). The van der Waals surface area contributed by atoms with Crippen molar-refractivity contribution >= 4 is 11.9 Å². The van der Waals surface area contributed by atoms with Crippen molar-refractivity contribution in [2.45, 2.75) is 45.6 Å². The van der Waals surface area contributed by atoms with Gasteiger partial charge < -0.3 is 16.0 Å². The topological polar surface area (TPSA) is 74.0 Å². The lowest BCUT2D eigenvalue weighted by Gasteiger charge is -2.43. The van der Waals surface area contributed by atoms with Gasteiger partial charge in [-0.1, -0.05) is 12.2 Å². The maximum atomic E-state index is 11.6. The highest BCUT2D eigenvalue weighted by molar-refractivity contribution is 5.84. The maximum absolute atomic E-state index is 11.6. The van der Waals surface area contributed by atoms with Crippen molar-refractivity contribution in [3.63, 3.8) is 0 Å². The third-order valence-electron chi connectivity index (χ3n) is 5.18. The first-order valence-corrected chi connectivity index (χ1v) is 9.18. The fourth-order valence-corrected chi connectivity index (χ4v) is 3.30. The smallest absolute Gasteiger partial charge is 0.237 e. The predicted molar refractivity (Wildman–Crippen MR) is 98.9 cm³/mol. The van der Waals surface area contributed by atoms with Crippen LogP contribution in [-0.2, 0) is 4.79 Å². The molecule has 24 heavy (non-hydrogen) atoms. The van der Waals surface area contributed by atoms with E-state index in [1.165, 1.54) is 12.8 Å². The molecule has 1 aliphatic heterocycles. The molecule has 6 nitrogen and oxygen atoms in total. The summed E-state index contributed by atoms with van der Waals surface area (Å²) >= 11 is 0. The summed E-state index contributed by atoms with van der Waals surface area (Å²) in [7, 11) is 0. The summed E-state index contributed by atoms with van der Waals surface area (Å²) < 4.78 is 0. The van der Waals surface area contributed by atoms with Crippen LogP contribution in [0.3, 0.4) is 0 Å². The number of allylic oxidation sites excluding steroid dienone is 2. The van der Waals surface area contributed by atoms with E-state index >= 15 is 0 Å². The summed E-state index contributed by atoms with van der Waals surface area (Å²) in [5.74, 6) is 1.41. The number of carbonyl (C=O) groups excluding carboxylic acids is 1. The van der Waals surface area contributed by atoms with Crippen molar-refractivity contribution in [1.82, 2.24) is 15.1 Å². The second kappa shape index (κ2) is 8.51. The van der Waals surface area contributed by atoms with Crippen LogP contribution in [0.5, 0.6) is 0 Å². The van der Waals surface area contributed by atoms with Crippen LogP contribution in [0.15, 0.2) is 17.1 Å². The summed E-state index contributed by atoms with van der Waals surface area (Å²) in [6.07, 6.45) is 8.10. The lowest BCUT2D eigenvalue weighted by atomic mass is 9.95. The van der Waals surface area contributed by atoms with Gasteiger partial charge in [-0.2, -0.15) is 0 Å². The van der Waals surface area contributed by atoms with E-state index in [2.05, 4.69) is 34.2 Å².